The predicted octanol–water partition coefficient (Wildman–Crippen LogP) is 2.48. The van der Waals surface area contributed by atoms with Crippen LogP contribution in [0.5, 0.6) is 0 Å². The zero-order valence-corrected chi connectivity index (χ0v) is 12.6. The molecular formula is C16H24N4O. The van der Waals surface area contributed by atoms with Gasteiger partial charge in [-0.1, -0.05) is 12.8 Å². The van der Waals surface area contributed by atoms with Crippen LogP contribution >= 0.6 is 0 Å². The zero-order chi connectivity index (χ0) is 14.5. The highest BCUT2D eigenvalue weighted by Crippen LogP contribution is 2.19. The lowest BCUT2D eigenvalue weighted by molar-refractivity contribution is 0.0755. The van der Waals surface area contributed by atoms with Crippen LogP contribution in [0.1, 0.15) is 55.4 Å². The molecule has 2 saturated heterocycles. The van der Waals surface area contributed by atoms with Crippen molar-refractivity contribution in [2.75, 3.05) is 31.1 Å². The van der Waals surface area contributed by atoms with Crippen LogP contribution in [0.15, 0.2) is 12.4 Å². The molecule has 114 valence electrons. The minimum Gasteiger partial charge on any atom is -0.357 e. The van der Waals surface area contributed by atoms with E-state index >= 15 is 0 Å². The second kappa shape index (κ2) is 6.87. The summed E-state index contributed by atoms with van der Waals surface area (Å²) in [6.45, 7) is 3.80. The summed E-state index contributed by atoms with van der Waals surface area (Å²) < 4.78 is 0. The SMILES string of the molecule is O=C(c1cc(N2CCCCC2)ncn1)N1CCCCCC1. The topological polar surface area (TPSA) is 49.3 Å². The number of carbonyl (C=O) groups excluding carboxylic acids is 1. The lowest BCUT2D eigenvalue weighted by atomic mass is 10.1. The summed E-state index contributed by atoms with van der Waals surface area (Å²) in [5.41, 5.74) is 0.549. The normalized spacial score (nSPS) is 20.2. The molecule has 0 atom stereocenters. The van der Waals surface area contributed by atoms with E-state index in [2.05, 4.69) is 14.9 Å². The Bertz CT molecular complexity index is 477. The van der Waals surface area contributed by atoms with E-state index in [0.717, 1.165) is 44.8 Å². The first-order valence-corrected chi connectivity index (χ1v) is 8.21. The Morgan fingerprint density at radius 3 is 2.19 bits per heavy atom. The van der Waals surface area contributed by atoms with Crippen LogP contribution in [0.2, 0.25) is 0 Å². The molecule has 2 aliphatic rings. The average Bonchev–Trinajstić information content (AvgIpc) is 2.84. The Morgan fingerprint density at radius 1 is 0.857 bits per heavy atom. The van der Waals surface area contributed by atoms with Gasteiger partial charge >= 0.3 is 0 Å². The molecule has 3 heterocycles. The lowest BCUT2D eigenvalue weighted by Crippen LogP contribution is -2.33. The molecule has 5 heteroatoms. The van der Waals surface area contributed by atoms with Gasteiger partial charge in [-0.05, 0) is 32.1 Å². The van der Waals surface area contributed by atoms with Crippen molar-refractivity contribution in [1.29, 1.82) is 0 Å². The number of rotatable bonds is 2. The van der Waals surface area contributed by atoms with Crippen LogP contribution in [-0.4, -0.2) is 47.0 Å². The van der Waals surface area contributed by atoms with E-state index in [1.165, 1.54) is 38.4 Å². The number of hydrogen-bond donors (Lipinski definition) is 0. The van der Waals surface area contributed by atoms with Gasteiger partial charge in [-0.3, -0.25) is 4.79 Å². The fourth-order valence-corrected chi connectivity index (χ4v) is 3.20. The minimum atomic E-state index is 0.0672. The van der Waals surface area contributed by atoms with Crippen molar-refractivity contribution in [3.63, 3.8) is 0 Å². The Hall–Kier alpha value is -1.65. The minimum absolute atomic E-state index is 0.0672. The van der Waals surface area contributed by atoms with Gasteiger partial charge in [0.25, 0.3) is 5.91 Å². The summed E-state index contributed by atoms with van der Waals surface area (Å²) in [4.78, 5) is 25.4. The van der Waals surface area contributed by atoms with Gasteiger partial charge in [-0.15, -0.1) is 0 Å². The lowest BCUT2D eigenvalue weighted by Gasteiger charge is -2.28. The monoisotopic (exact) mass is 288 g/mol. The third-order valence-electron chi connectivity index (χ3n) is 4.45. The molecule has 21 heavy (non-hydrogen) atoms. The second-order valence-electron chi connectivity index (χ2n) is 6.02. The molecule has 2 aliphatic heterocycles. The fraction of sp³-hybridized carbons (Fsp3) is 0.688. The maximum atomic E-state index is 12.6. The molecule has 3 rings (SSSR count). The van der Waals surface area contributed by atoms with E-state index in [9.17, 15) is 4.79 Å². The van der Waals surface area contributed by atoms with Crippen molar-refractivity contribution in [1.82, 2.24) is 14.9 Å². The van der Waals surface area contributed by atoms with Gasteiger partial charge in [0.15, 0.2) is 0 Å². The van der Waals surface area contributed by atoms with E-state index in [1.807, 2.05) is 11.0 Å². The highest BCUT2D eigenvalue weighted by Gasteiger charge is 2.20. The summed E-state index contributed by atoms with van der Waals surface area (Å²) in [6.07, 6.45) is 9.92. The van der Waals surface area contributed by atoms with Crippen molar-refractivity contribution in [2.45, 2.75) is 44.9 Å². The maximum absolute atomic E-state index is 12.6. The Labute approximate surface area is 126 Å². The molecule has 0 N–H and O–H groups in total. The number of nitrogens with zero attached hydrogens (tertiary/aromatic N) is 4. The summed E-state index contributed by atoms with van der Waals surface area (Å²) in [6, 6.07) is 1.87. The quantitative estimate of drug-likeness (QED) is 0.839. The van der Waals surface area contributed by atoms with Crippen LogP contribution in [0.4, 0.5) is 5.82 Å². The first-order valence-electron chi connectivity index (χ1n) is 8.21. The molecule has 0 spiro atoms. The van der Waals surface area contributed by atoms with E-state index in [4.69, 9.17) is 0 Å². The molecule has 0 aliphatic carbocycles. The van der Waals surface area contributed by atoms with Crippen molar-refractivity contribution in [3.8, 4) is 0 Å². The van der Waals surface area contributed by atoms with Crippen molar-refractivity contribution < 1.29 is 4.79 Å². The molecule has 1 amide bonds. The Morgan fingerprint density at radius 2 is 1.48 bits per heavy atom. The molecular weight excluding hydrogens is 264 g/mol. The van der Waals surface area contributed by atoms with Crippen molar-refractivity contribution in [3.05, 3.63) is 18.1 Å². The largest absolute Gasteiger partial charge is 0.357 e. The van der Waals surface area contributed by atoms with Crippen molar-refractivity contribution in [2.24, 2.45) is 0 Å². The smallest absolute Gasteiger partial charge is 0.272 e. The molecule has 0 saturated carbocycles. The number of aromatic nitrogens is 2. The van der Waals surface area contributed by atoms with Gasteiger partial charge in [0.05, 0.1) is 0 Å². The van der Waals surface area contributed by atoms with Gasteiger partial charge in [0, 0.05) is 32.2 Å². The van der Waals surface area contributed by atoms with Crippen LogP contribution in [0, 0.1) is 0 Å². The molecule has 0 unspecified atom stereocenters. The summed E-state index contributed by atoms with van der Waals surface area (Å²) in [5, 5.41) is 0. The highest BCUT2D eigenvalue weighted by molar-refractivity contribution is 5.92. The van der Waals surface area contributed by atoms with E-state index < -0.39 is 0 Å². The average molecular weight is 288 g/mol. The first-order chi connectivity index (χ1) is 10.3. The summed E-state index contributed by atoms with van der Waals surface area (Å²) >= 11 is 0. The van der Waals surface area contributed by atoms with Gasteiger partial charge in [0.1, 0.15) is 17.8 Å². The standard InChI is InChI=1S/C16H24N4O/c21-16(20-10-4-1-2-5-11-20)14-12-15(18-13-17-14)19-8-6-3-7-9-19/h12-13H,1-11H2. The number of anilines is 1. The number of piperidine rings is 1. The molecule has 1 aromatic heterocycles. The van der Waals surface area contributed by atoms with Gasteiger partial charge < -0.3 is 9.80 Å². The van der Waals surface area contributed by atoms with E-state index in [0.29, 0.717) is 5.69 Å². The molecule has 0 bridgehead atoms. The Balaban J connectivity index is 1.73. The predicted molar refractivity (Wildman–Crippen MR) is 82.5 cm³/mol. The molecule has 0 aromatic carbocycles. The maximum Gasteiger partial charge on any atom is 0.272 e. The Kier molecular flexibility index (Phi) is 4.68. The van der Waals surface area contributed by atoms with E-state index in [1.54, 1.807) is 0 Å². The number of likely N-dealkylation sites (tertiary alicyclic amines) is 1. The van der Waals surface area contributed by atoms with Crippen LogP contribution in [0.25, 0.3) is 0 Å². The van der Waals surface area contributed by atoms with E-state index in [-0.39, 0.29) is 5.91 Å². The van der Waals surface area contributed by atoms with Gasteiger partial charge in [-0.2, -0.15) is 0 Å². The summed E-state index contributed by atoms with van der Waals surface area (Å²) in [5.74, 6) is 0.973. The summed E-state index contributed by atoms with van der Waals surface area (Å²) in [7, 11) is 0. The van der Waals surface area contributed by atoms with Crippen LogP contribution in [0.3, 0.4) is 0 Å². The molecule has 5 nitrogen and oxygen atoms in total. The number of amides is 1. The third kappa shape index (κ3) is 3.52. The van der Waals surface area contributed by atoms with Crippen molar-refractivity contribution >= 4 is 11.7 Å². The number of hydrogen-bond acceptors (Lipinski definition) is 4. The van der Waals surface area contributed by atoms with Gasteiger partial charge in [-0.25, -0.2) is 9.97 Å². The fourth-order valence-electron chi connectivity index (χ4n) is 3.20. The molecule has 2 fully saturated rings. The number of carbonyl (C=O) groups is 1. The van der Waals surface area contributed by atoms with Crippen LogP contribution in [-0.2, 0) is 0 Å². The third-order valence-corrected chi connectivity index (χ3v) is 4.45. The van der Waals surface area contributed by atoms with Gasteiger partial charge in [0.2, 0.25) is 0 Å². The van der Waals surface area contributed by atoms with Crippen LogP contribution < -0.4 is 4.90 Å². The molecule has 1 aromatic rings. The first kappa shape index (κ1) is 14.3. The zero-order valence-electron chi connectivity index (χ0n) is 12.6. The highest BCUT2D eigenvalue weighted by atomic mass is 16.2. The second-order valence-corrected chi connectivity index (χ2v) is 6.02. The molecule has 0 radical (unpaired) electrons.